The maximum absolute atomic E-state index is 12.7. The standard InChI is InChI=1S/C29H31N3O3S/c1-5-18(3)20-13-14-26-25(17-20)31-28(35-26)22-10-7-11-23(15-22)30-29(36)32-27(33)21-9-8-12-24(16-21)34-19(4)6-2/h7-19H,5-6H2,1-4H3,(H2,30,32,33,36)/t18-,19-/m0/s1. The van der Waals surface area contributed by atoms with Gasteiger partial charge < -0.3 is 14.5 Å². The van der Waals surface area contributed by atoms with E-state index in [0.29, 0.717) is 28.8 Å². The van der Waals surface area contributed by atoms with Crippen LogP contribution in [-0.4, -0.2) is 22.1 Å². The highest BCUT2D eigenvalue weighted by molar-refractivity contribution is 7.80. The molecular formula is C29H31N3O3S. The second kappa shape index (κ2) is 11.4. The van der Waals surface area contributed by atoms with Gasteiger partial charge in [-0.15, -0.1) is 0 Å². The third kappa shape index (κ3) is 6.10. The summed E-state index contributed by atoms with van der Waals surface area (Å²) >= 11 is 5.38. The van der Waals surface area contributed by atoms with Crippen LogP contribution in [0.4, 0.5) is 5.69 Å². The highest BCUT2D eigenvalue weighted by Crippen LogP contribution is 2.29. The molecule has 1 heterocycles. The largest absolute Gasteiger partial charge is 0.491 e. The molecule has 0 spiro atoms. The number of carbonyl (C=O) groups is 1. The SMILES string of the molecule is CC[C@H](C)Oc1cccc(C(=O)NC(=S)Nc2cccc(-c3nc4cc([C@@H](C)CC)ccc4o3)c2)c1. The molecular weight excluding hydrogens is 470 g/mol. The second-order valence-corrected chi connectivity index (χ2v) is 9.32. The van der Waals surface area contributed by atoms with E-state index in [0.717, 1.165) is 29.5 Å². The fourth-order valence-electron chi connectivity index (χ4n) is 3.70. The number of nitrogens with zero attached hydrogens (tertiary/aromatic N) is 1. The maximum Gasteiger partial charge on any atom is 0.257 e. The van der Waals surface area contributed by atoms with Gasteiger partial charge >= 0.3 is 0 Å². The number of fused-ring (bicyclic) bond motifs is 1. The van der Waals surface area contributed by atoms with Crippen LogP contribution >= 0.6 is 12.2 Å². The van der Waals surface area contributed by atoms with E-state index in [1.807, 2.05) is 50.2 Å². The summed E-state index contributed by atoms with van der Waals surface area (Å²) in [4.78, 5) is 17.4. The van der Waals surface area contributed by atoms with E-state index in [1.165, 1.54) is 5.56 Å². The summed E-state index contributed by atoms with van der Waals surface area (Å²) in [5.41, 5.74) is 4.83. The first-order valence-electron chi connectivity index (χ1n) is 12.3. The van der Waals surface area contributed by atoms with Crippen molar-refractivity contribution in [3.8, 4) is 17.2 Å². The molecule has 2 atom stereocenters. The Kier molecular flexibility index (Phi) is 8.00. The third-order valence-corrected chi connectivity index (χ3v) is 6.40. The topological polar surface area (TPSA) is 76.4 Å². The molecule has 0 aliphatic carbocycles. The summed E-state index contributed by atoms with van der Waals surface area (Å²) < 4.78 is 11.8. The predicted octanol–water partition coefficient (Wildman–Crippen LogP) is 7.31. The Bertz CT molecular complexity index is 1380. The molecule has 4 rings (SSSR count). The summed E-state index contributed by atoms with van der Waals surface area (Å²) in [6.45, 7) is 8.42. The zero-order chi connectivity index (χ0) is 25.7. The lowest BCUT2D eigenvalue weighted by atomic mass is 9.98. The number of ether oxygens (including phenoxy) is 1. The van der Waals surface area contributed by atoms with E-state index >= 15 is 0 Å². The number of carbonyl (C=O) groups excluding carboxylic acids is 1. The van der Waals surface area contributed by atoms with Crippen molar-refractivity contribution in [1.82, 2.24) is 10.3 Å². The van der Waals surface area contributed by atoms with Gasteiger partial charge in [-0.3, -0.25) is 10.1 Å². The Morgan fingerprint density at radius 2 is 1.83 bits per heavy atom. The van der Waals surface area contributed by atoms with Crippen molar-refractivity contribution in [3.05, 3.63) is 77.9 Å². The van der Waals surface area contributed by atoms with Gasteiger partial charge in [-0.2, -0.15) is 0 Å². The molecule has 0 aliphatic heterocycles. The van der Waals surface area contributed by atoms with Crippen LogP contribution in [0.25, 0.3) is 22.6 Å². The van der Waals surface area contributed by atoms with Crippen LogP contribution in [0.1, 0.15) is 62.4 Å². The Balaban J connectivity index is 1.44. The van der Waals surface area contributed by atoms with E-state index in [4.69, 9.17) is 26.4 Å². The lowest BCUT2D eigenvalue weighted by molar-refractivity contribution is 0.0977. The Labute approximate surface area is 217 Å². The monoisotopic (exact) mass is 501 g/mol. The highest BCUT2D eigenvalue weighted by atomic mass is 32.1. The van der Waals surface area contributed by atoms with Crippen molar-refractivity contribution < 1.29 is 13.9 Å². The summed E-state index contributed by atoms with van der Waals surface area (Å²) in [6, 6.07) is 20.8. The first-order chi connectivity index (χ1) is 17.4. The smallest absolute Gasteiger partial charge is 0.257 e. The minimum Gasteiger partial charge on any atom is -0.491 e. The average molecular weight is 502 g/mol. The Morgan fingerprint density at radius 1 is 1.03 bits per heavy atom. The van der Waals surface area contributed by atoms with Gasteiger partial charge in [0.1, 0.15) is 11.3 Å². The first-order valence-corrected chi connectivity index (χ1v) is 12.7. The van der Waals surface area contributed by atoms with Crippen molar-refractivity contribution in [3.63, 3.8) is 0 Å². The van der Waals surface area contributed by atoms with E-state index < -0.39 is 0 Å². The van der Waals surface area contributed by atoms with E-state index in [-0.39, 0.29) is 17.1 Å². The van der Waals surface area contributed by atoms with Gasteiger partial charge in [0, 0.05) is 16.8 Å². The van der Waals surface area contributed by atoms with Crippen molar-refractivity contribution in [1.29, 1.82) is 0 Å². The van der Waals surface area contributed by atoms with Gasteiger partial charge in [0.25, 0.3) is 5.91 Å². The number of anilines is 1. The second-order valence-electron chi connectivity index (χ2n) is 8.91. The molecule has 36 heavy (non-hydrogen) atoms. The summed E-state index contributed by atoms with van der Waals surface area (Å²) in [5, 5.41) is 6.00. The summed E-state index contributed by atoms with van der Waals surface area (Å²) in [5.74, 6) is 1.34. The van der Waals surface area contributed by atoms with Crippen LogP contribution in [0.2, 0.25) is 0 Å². The van der Waals surface area contributed by atoms with Crippen LogP contribution in [-0.2, 0) is 0 Å². The van der Waals surface area contributed by atoms with Gasteiger partial charge in [-0.25, -0.2) is 4.98 Å². The molecule has 186 valence electrons. The van der Waals surface area contributed by atoms with Crippen LogP contribution in [0.15, 0.2) is 71.1 Å². The Hall–Kier alpha value is -3.71. The van der Waals surface area contributed by atoms with Crippen LogP contribution < -0.4 is 15.4 Å². The number of hydrogen-bond acceptors (Lipinski definition) is 5. The molecule has 0 unspecified atom stereocenters. The van der Waals surface area contributed by atoms with Crippen molar-refractivity contribution in [2.24, 2.45) is 0 Å². The molecule has 3 aromatic carbocycles. The molecule has 0 bridgehead atoms. The number of aromatic nitrogens is 1. The normalized spacial score (nSPS) is 12.7. The van der Waals surface area contributed by atoms with Crippen molar-refractivity contribution in [2.75, 3.05) is 5.32 Å². The van der Waals surface area contributed by atoms with Gasteiger partial charge in [0.2, 0.25) is 5.89 Å². The lowest BCUT2D eigenvalue weighted by Gasteiger charge is -2.14. The number of nitrogens with one attached hydrogen (secondary N) is 2. The number of benzene rings is 3. The summed E-state index contributed by atoms with van der Waals surface area (Å²) in [7, 11) is 0. The zero-order valence-corrected chi connectivity index (χ0v) is 21.8. The molecule has 4 aromatic rings. The average Bonchev–Trinajstić information content (AvgIpc) is 3.32. The molecule has 0 saturated heterocycles. The van der Waals surface area contributed by atoms with Gasteiger partial charge in [-0.05, 0) is 92.0 Å². The maximum atomic E-state index is 12.7. The number of thiocarbonyl (C=S) groups is 1. The fourth-order valence-corrected chi connectivity index (χ4v) is 3.91. The fraction of sp³-hybridized carbons (Fsp3) is 0.276. The third-order valence-electron chi connectivity index (χ3n) is 6.20. The van der Waals surface area contributed by atoms with Crippen molar-refractivity contribution in [2.45, 2.75) is 52.6 Å². The minimum absolute atomic E-state index is 0.0709. The van der Waals surface area contributed by atoms with Crippen molar-refractivity contribution >= 4 is 40.0 Å². The molecule has 0 saturated carbocycles. The van der Waals surface area contributed by atoms with E-state index in [2.05, 4.69) is 36.6 Å². The van der Waals surface area contributed by atoms with E-state index in [9.17, 15) is 4.79 Å². The molecule has 0 aliphatic rings. The van der Waals surface area contributed by atoms with Gasteiger partial charge in [-0.1, -0.05) is 39.0 Å². The number of rotatable bonds is 8. The predicted molar refractivity (Wildman–Crippen MR) is 149 cm³/mol. The molecule has 1 aromatic heterocycles. The number of amides is 1. The molecule has 0 fully saturated rings. The lowest BCUT2D eigenvalue weighted by Crippen LogP contribution is -2.34. The van der Waals surface area contributed by atoms with Crippen LogP contribution in [0.5, 0.6) is 5.75 Å². The molecule has 0 radical (unpaired) electrons. The van der Waals surface area contributed by atoms with Gasteiger partial charge in [0.15, 0.2) is 10.7 Å². The van der Waals surface area contributed by atoms with Crippen LogP contribution in [0.3, 0.4) is 0 Å². The number of oxazole rings is 1. The quantitative estimate of drug-likeness (QED) is 0.247. The molecule has 6 nitrogen and oxygen atoms in total. The van der Waals surface area contributed by atoms with Gasteiger partial charge in [0.05, 0.1) is 6.10 Å². The summed E-state index contributed by atoms with van der Waals surface area (Å²) in [6.07, 6.45) is 2.02. The van der Waals surface area contributed by atoms with E-state index in [1.54, 1.807) is 18.2 Å². The molecule has 1 amide bonds. The Morgan fingerprint density at radius 3 is 2.61 bits per heavy atom. The highest BCUT2D eigenvalue weighted by Gasteiger charge is 2.13. The minimum atomic E-state index is -0.311. The first kappa shape index (κ1) is 25.4. The van der Waals surface area contributed by atoms with Crippen LogP contribution in [0, 0.1) is 0 Å². The molecule has 2 N–H and O–H groups in total. The molecule has 7 heteroatoms. The zero-order valence-electron chi connectivity index (χ0n) is 21.0. The number of hydrogen-bond donors (Lipinski definition) is 2.